The molecule has 0 aliphatic rings. The highest BCUT2D eigenvalue weighted by Gasteiger charge is 2.25. The Morgan fingerprint density at radius 1 is 1.38 bits per heavy atom. The standard InChI is InChI=1S/C14H16ClN3O3/c1-14(8-19,9-20)17-13(21)10-6-16-18(7-10)12-5-3-2-4-11(12)15/h2-7,19-20H,8-9H2,1H3,(H,17,21). The Bertz CT molecular complexity index is 638. The van der Waals surface area contributed by atoms with Gasteiger partial charge in [-0.15, -0.1) is 0 Å². The number of aliphatic hydroxyl groups excluding tert-OH is 2. The number of hydrogen-bond acceptors (Lipinski definition) is 4. The summed E-state index contributed by atoms with van der Waals surface area (Å²) >= 11 is 6.07. The van der Waals surface area contributed by atoms with Crippen molar-refractivity contribution >= 4 is 17.5 Å². The van der Waals surface area contributed by atoms with E-state index < -0.39 is 11.4 Å². The van der Waals surface area contributed by atoms with Crippen LogP contribution in [0.5, 0.6) is 0 Å². The van der Waals surface area contributed by atoms with Crippen LogP contribution in [0.15, 0.2) is 36.7 Å². The zero-order valence-electron chi connectivity index (χ0n) is 11.5. The van der Waals surface area contributed by atoms with E-state index in [1.54, 1.807) is 25.1 Å². The number of carbonyl (C=O) groups is 1. The molecule has 1 aromatic carbocycles. The van der Waals surface area contributed by atoms with Crippen LogP contribution in [0.1, 0.15) is 17.3 Å². The van der Waals surface area contributed by atoms with E-state index in [2.05, 4.69) is 10.4 Å². The second-order valence-electron chi connectivity index (χ2n) is 4.96. The maximum atomic E-state index is 12.1. The van der Waals surface area contributed by atoms with Gasteiger partial charge >= 0.3 is 0 Å². The number of aromatic nitrogens is 2. The monoisotopic (exact) mass is 309 g/mol. The zero-order chi connectivity index (χ0) is 15.5. The molecule has 0 radical (unpaired) electrons. The van der Waals surface area contributed by atoms with Crippen molar-refractivity contribution in [3.05, 3.63) is 47.2 Å². The molecule has 0 spiro atoms. The molecule has 112 valence electrons. The molecule has 1 heterocycles. The van der Waals surface area contributed by atoms with Gasteiger partial charge in [-0.3, -0.25) is 4.79 Å². The Hall–Kier alpha value is -1.89. The molecule has 0 saturated heterocycles. The van der Waals surface area contributed by atoms with E-state index in [1.807, 2.05) is 6.07 Å². The van der Waals surface area contributed by atoms with E-state index in [0.717, 1.165) is 0 Å². The summed E-state index contributed by atoms with van der Waals surface area (Å²) < 4.78 is 1.49. The molecule has 2 rings (SSSR count). The van der Waals surface area contributed by atoms with Gasteiger partial charge in [0.1, 0.15) is 0 Å². The minimum Gasteiger partial charge on any atom is -0.394 e. The lowest BCUT2D eigenvalue weighted by Gasteiger charge is -2.25. The lowest BCUT2D eigenvalue weighted by molar-refractivity contribution is 0.0724. The van der Waals surface area contributed by atoms with Gasteiger partial charge in [0, 0.05) is 6.20 Å². The Labute approximate surface area is 127 Å². The normalized spacial score (nSPS) is 11.4. The predicted molar refractivity (Wildman–Crippen MR) is 78.6 cm³/mol. The van der Waals surface area contributed by atoms with Crippen molar-refractivity contribution in [2.24, 2.45) is 0 Å². The van der Waals surface area contributed by atoms with Crippen LogP contribution in [0.25, 0.3) is 5.69 Å². The third-order valence-corrected chi connectivity index (χ3v) is 3.38. The van der Waals surface area contributed by atoms with E-state index in [0.29, 0.717) is 16.3 Å². The molecule has 0 aliphatic carbocycles. The van der Waals surface area contributed by atoms with E-state index in [4.69, 9.17) is 11.6 Å². The number of para-hydroxylation sites is 1. The van der Waals surface area contributed by atoms with Crippen LogP contribution in [0.4, 0.5) is 0 Å². The van der Waals surface area contributed by atoms with Crippen LogP contribution in [0, 0.1) is 0 Å². The first kappa shape index (κ1) is 15.5. The Kier molecular flexibility index (Phi) is 4.62. The second-order valence-corrected chi connectivity index (χ2v) is 5.36. The van der Waals surface area contributed by atoms with Crippen LogP contribution in [-0.4, -0.2) is 44.7 Å². The van der Waals surface area contributed by atoms with E-state index in [-0.39, 0.29) is 13.2 Å². The first-order valence-electron chi connectivity index (χ1n) is 6.33. The summed E-state index contributed by atoms with van der Waals surface area (Å²) in [6, 6.07) is 7.13. The van der Waals surface area contributed by atoms with Gasteiger partial charge in [0.2, 0.25) is 0 Å². The van der Waals surface area contributed by atoms with Gasteiger partial charge in [-0.2, -0.15) is 5.10 Å². The van der Waals surface area contributed by atoms with Gasteiger partial charge in [-0.1, -0.05) is 23.7 Å². The van der Waals surface area contributed by atoms with E-state index >= 15 is 0 Å². The summed E-state index contributed by atoms with van der Waals surface area (Å²) in [7, 11) is 0. The number of benzene rings is 1. The van der Waals surface area contributed by atoms with Crippen molar-refractivity contribution < 1.29 is 15.0 Å². The minimum atomic E-state index is -1.08. The fourth-order valence-electron chi connectivity index (χ4n) is 1.68. The molecule has 0 fully saturated rings. The molecule has 7 heteroatoms. The molecular weight excluding hydrogens is 294 g/mol. The van der Waals surface area contributed by atoms with Crippen molar-refractivity contribution in [3.63, 3.8) is 0 Å². The summed E-state index contributed by atoms with van der Waals surface area (Å²) in [6.07, 6.45) is 2.93. The fourth-order valence-corrected chi connectivity index (χ4v) is 1.91. The molecule has 3 N–H and O–H groups in total. The summed E-state index contributed by atoms with van der Waals surface area (Å²) in [5, 5.41) is 25.6. The molecule has 1 amide bonds. The molecule has 0 bridgehead atoms. The smallest absolute Gasteiger partial charge is 0.255 e. The molecular formula is C14H16ClN3O3. The maximum Gasteiger partial charge on any atom is 0.255 e. The Balaban J connectivity index is 2.21. The van der Waals surface area contributed by atoms with Crippen LogP contribution < -0.4 is 5.32 Å². The third-order valence-electron chi connectivity index (χ3n) is 3.06. The fraction of sp³-hybridized carbons (Fsp3) is 0.286. The van der Waals surface area contributed by atoms with Crippen molar-refractivity contribution in [3.8, 4) is 5.69 Å². The number of rotatable bonds is 5. The van der Waals surface area contributed by atoms with Gasteiger partial charge < -0.3 is 15.5 Å². The number of carbonyl (C=O) groups excluding carboxylic acids is 1. The molecule has 6 nitrogen and oxygen atoms in total. The first-order chi connectivity index (χ1) is 9.99. The summed E-state index contributed by atoms with van der Waals surface area (Å²) in [5.74, 6) is -0.432. The number of aliphatic hydroxyl groups is 2. The highest BCUT2D eigenvalue weighted by molar-refractivity contribution is 6.32. The number of nitrogens with zero attached hydrogens (tertiary/aromatic N) is 2. The lowest BCUT2D eigenvalue weighted by Crippen LogP contribution is -2.51. The lowest BCUT2D eigenvalue weighted by atomic mass is 10.1. The summed E-state index contributed by atoms with van der Waals surface area (Å²) in [4.78, 5) is 12.1. The largest absolute Gasteiger partial charge is 0.394 e. The van der Waals surface area contributed by atoms with Crippen LogP contribution in [0.2, 0.25) is 5.02 Å². The summed E-state index contributed by atoms with van der Waals surface area (Å²) in [6.45, 7) is 0.811. The van der Waals surface area contributed by atoms with Gasteiger partial charge in [-0.25, -0.2) is 4.68 Å². The van der Waals surface area contributed by atoms with E-state index in [9.17, 15) is 15.0 Å². The predicted octanol–water partition coefficient (Wildman–Crippen LogP) is 0.999. The number of hydrogen-bond donors (Lipinski definition) is 3. The molecule has 21 heavy (non-hydrogen) atoms. The highest BCUT2D eigenvalue weighted by Crippen LogP contribution is 2.19. The van der Waals surface area contributed by atoms with E-state index in [1.165, 1.54) is 17.1 Å². The molecule has 0 atom stereocenters. The minimum absolute atomic E-state index is 0.308. The molecule has 0 unspecified atom stereocenters. The van der Waals surface area contributed by atoms with Crippen molar-refractivity contribution in [1.82, 2.24) is 15.1 Å². The topological polar surface area (TPSA) is 87.4 Å². The highest BCUT2D eigenvalue weighted by atomic mass is 35.5. The molecule has 2 aromatic rings. The van der Waals surface area contributed by atoms with Gasteiger partial charge in [0.25, 0.3) is 5.91 Å². The van der Waals surface area contributed by atoms with Gasteiger partial charge in [0.05, 0.1) is 41.2 Å². The third kappa shape index (κ3) is 3.41. The average Bonchev–Trinajstić information content (AvgIpc) is 2.97. The zero-order valence-corrected chi connectivity index (χ0v) is 12.2. The Morgan fingerprint density at radius 2 is 2.05 bits per heavy atom. The Morgan fingerprint density at radius 3 is 2.67 bits per heavy atom. The molecule has 0 saturated carbocycles. The number of amides is 1. The van der Waals surface area contributed by atoms with Crippen molar-refractivity contribution in [2.75, 3.05) is 13.2 Å². The van der Waals surface area contributed by atoms with Crippen LogP contribution in [-0.2, 0) is 0 Å². The SMILES string of the molecule is CC(CO)(CO)NC(=O)c1cnn(-c2ccccc2Cl)c1. The maximum absolute atomic E-state index is 12.1. The van der Waals surface area contributed by atoms with Crippen molar-refractivity contribution in [2.45, 2.75) is 12.5 Å². The van der Waals surface area contributed by atoms with Gasteiger partial charge in [0.15, 0.2) is 0 Å². The second kappa shape index (κ2) is 6.26. The van der Waals surface area contributed by atoms with Crippen LogP contribution in [0.3, 0.4) is 0 Å². The van der Waals surface area contributed by atoms with Gasteiger partial charge in [-0.05, 0) is 19.1 Å². The number of halogens is 1. The number of nitrogens with one attached hydrogen (secondary N) is 1. The van der Waals surface area contributed by atoms with Crippen molar-refractivity contribution in [1.29, 1.82) is 0 Å². The summed E-state index contributed by atoms with van der Waals surface area (Å²) in [5.41, 5.74) is -0.114. The average molecular weight is 310 g/mol. The first-order valence-corrected chi connectivity index (χ1v) is 6.71. The quantitative estimate of drug-likeness (QED) is 0.769. The molecule has 1 aromatic heterocycles. The molecule has 0 aliphatic heterocycles. The van der Waals surface area contributed by atoms with Crippen LogP contribution >= 0.6 is 11.6 Å².